The highest BCUT2D eigenvalue weighted by molar-refractivity contribution is 4.80. The summed E-state index contributed by atoms with van der Waals surface area (Å²) in [6.07, 6.45) is -5.21. The third-order valence-electron chi connectivity index (χ3n) is 4.88. The summed E-state index contributed by atoms with van der Waals surface area (Å²) in [6, 6.07) is 0. The van der Waals surface area contributed by atoms with Crippen molar-refractivity contribution < 1.29 is 31.1 Å². The van der Waals surface area contributed by atoms with E-state index in [-0.39, 0.29) is 24.7 Å². The summed E-state index contributed by atoms with van der Waals surface area (Å²) in [7, 11) is 1.60. The molecule has 0 saturated heterocycles. The smallest absolute Gasteiger partial charge is 0.385 e. The minimum absolute atomic E-state index is 0.112. The molecule has 0 aromatic carbocycles. The molecule has 1 nitrogen and oxygen atoms in total. The lowest BCUT2D eigenvalue weighted by molar-refractivity contribution is -0.136. The van der Waals surface area contributed by atoms with E-state index in [1.807, 2.05) is 0 Å². The van der Waals surface area contributed by atoms with Gasteiger partial charge in [0, 0.05) is 26.6 Å². The first kappa shape index (κ1) is 21.6. The number of halogens is 6. The molecule has 0 heterocycles. The van der Waals surface area contributed by atoms with Crippen molar-refractivity contribution >= 4 is 0 Å². The van der Waals surface area contributed by atoms with Crippen LogP contribution in [-0.4, -0.2) is 26.1 Å². The Labute approximate surface area is 140 Å². The van der Waals surface area contributed by atoms with Crippen molar-refractivity contribution in [3.63, 3.8) is 0 Å². The fraction of sp³-hybridized carbons (Fsp3) is 1.00. The Hall–Kier alpha value is -0.460. The highest BCUT2D eigenvalue weighted by Crippen LogP contribution is 2.40. The van der Waals surface area contributed by atoms with Gasteiger partial charge in [-0.25, -0.2) is 0 Å². The molecule has 7 heteroatoms. The molecular formula is C17H28F6O. The summed E-state index contributed by atoms with van der Waals surface area (Å²) in [4.78, 5) is 0. The highest BCUT2D eigenvalue weighted by atomic mass is 19.4. The SMILES string of the molecule is COCCC1CC(CCCC(F)(F)F)CC(CCCC(F)(F)F)C1. The zero-order chi connectivity index (χ0) is 18.2. The van der Waals surface area contributed by atoms with Crippen molar-refractivity contribution in [3.05, 3.63) is 0 Å². The maximum atomic E-state index is 12.3. The molecule has 0 bridgehead atoms. The zero-order valence-electron chi connectivity index (χ0n) is 14.2. The van der Waals surface area contributed by atoms with Crippen LogP contribution in [0.15, 0.2) is 0 Å². The van der Waals surface area contributed by atoms with Crippen LogP contribution in [0.5, 0.6) is 0 Å². The van der Waals surface area contributed by atoms with E-state index in [1.54, 1.807) is 7.11 Å². The topological polar surface area (TPSA) is 9.23 Å². The Kier molecular flexibility index (Phi) is 8.88. The van der Waals surface area contributed by atoms with Crippen molar-refractivity contribution in [1.29, 1.82) is 0 Å². The molecule has 1 aliphatic rings. The van der Waals surface area contributed by atoms with Gasteiger partial charge in [-0.15, -0.1) is 0 Å². The molecule has 0 amide bonds. The minimum atomic E-state index is -4.13. The monoisotopic (exact) mass is 362 g/mol. The number of alkyl halides is 6. The van der Waals surface area contributed by atoms with Gasteiger partial charge in [-0.2, -0.15) is 26.3 Å². The molecule has 0 aromatic rings. The van der Waals surface area contributed by atoms with E-state index in [4.69, 9.17) is 4.74 Å². The first-order chi connectivity index (χ1) is 11.1. The van der Waals surface area contributed by atoms with Gasteiger partial charge in [-0.1, -0.05) is 12.8 Å². The molecule has 0 aliphatic heterocycles. The van der Waals surface area contributed by atoms with Gasteiger partial charge in [-0.05, 0) is 56.3 Å². The second kappa shape index (κ2) is 9.88. The second-order valence-electron chi connectivity index (χ2n) is 7.10. The van der Waals surface area contributed by atoms with Gasteiger partial charge < -0.3 is 4.74 Å². The van der Waals surface area contributed by atoms with Crippen LogP contribution in [0, 0.1) is 17.8 Å². The van der Waals surface area contributed by atoms with Crippen molar-refractivity contribution in [3.8, 4) is 0 Å². The van der Waals surface area contributed by atoms with Crippen LogP contribution in [0.4, 0.5) is 26.3 Å². The summed E-state index contributed by atoms with van der Waals surface area (Å²) in [5.74, 6) is 0.739. The van der Waals surface area contributed by atoms with Gasteiger partial charge in [0.05, 0.1) is 0 Å². The Bertz CT molecular complexity index is 311. The Morgan fingerprint density at radius 3 is 1.42 bits per heavy atom. The number of ether oxygens (including phenoxy) is 1. The molecule has 0 spiro atoms. The lowest BCUT2D eigenvalue weighted by Gasteiger charge is -2.35. The third-order valence-corrected chi connectivity index (χ3v) is 4.88. The summed E-state index contributed by atoms with van der Waals surface area (Å²) in [5.41, 5.74) is 0. The van der Waals surface area contributed by atoms with Gasteiger partial charge >= 0.3 is 12.4 Å². The molecule has 2 unspecified atom stereocenters. The zero-order valence-corrected chi connectivity index (χ0v) is 14.2. The molecule has 0 N–H and O–H groups in total. The second-order valence-corrected chi connectivity index (χ2v) is 7.10. The molecule has 2 atom stereocenters. The molecule has 0 aromatic heterocycles. The first-order valence-electron chi connectivity index (χ1n) is 8.71. The summed E-state index contributed by atoms with van der Waals surface area (Å²) in [5, 5.41) is 0. The van der Waals surface area contributed by atoms with Crippen LogP contribution in [0.3, 0.4) is 0 Å². The van der Waals surface area contributed by atoms with E-state index in [0.717, 1.165) is 25.7 Å². The average molecular weight is 362 g/mol. The lowest BCUT2D eigenvalue weighted by atomic mass is 9.71. The molecule has 24 heavy (non-hydrogen) atoms. The molecular weight excluding hydrogens is 334 g/mol. The number of rotatable bonds is 9. The highest BCUT2D eigenvalue weighted by Gasteiger charge is 2.32. The van der Waals surface area contributed by atoms with Gasteiger partial charge in [-0.3, -0.25) is 0 Å². The summed E-state index contributed by atoms with van der Waals surface area (Å²) >= 11 is 0. The minimum Gasteiger partial charge on any atom is -0.385 e. The molecule has 0 radical (unpaired) electrons. The quantitative estimate of drug-likeness (QED) is 0.424. The summed E-state index contributed by atoms with van der Waals surface area (Å²) in [6.45, 7) is 0.592. The van der Waals surface area contributed by atoms with Crippen molar-refractivity contribution in [2.45, 2.75) is 76.6 Å². The number of methoxy groups -OCH3 is 1. The van der Waals surface area contributed by atoms with Crippen LogP contribution in [0.25, 0.3) is 0 Å². The van der Waals surface area contributed by atoms with Crippen LogP contribution >= 0.6 is 0 Å². The van der Waals surface area contributed by atoms with Gasteiger partial charge in [0.2, 0.25) is 0 Å². The van der Waals surface area contributed by atoms with Crippen molar-refractivity contribution in [1.82, 2.24) is 0 Å². The fourth-order valence-corrected chi connectivity index (χ4v) is 3.88. The Balaban J connectivity index is 2.45. The van der Waals surface area contributed by atoms with E-state index < -0.39 is 25.2 Å². The molecule has 1 rings (SSSR count). The van der Waals surface area contributed by atoms with E-state index >= 15 is 0 Å². The van der Waals surface area contributed by atoms with Gasteiger partial charge in [0.25, 0.3) is 0 Å². The van der Waals surface area contributed by atoms with Crippen LogP contribution in [0.1, 0.15) is 64.2 Å². The molecule has 1 aliphatic carbocycles. The van der Waals surface area contributed by atoms with Gasteiger partial charge in [0.1, 0.15) is 0 Å². The third kappa shape index (κ3) is 10.4. The molecule has 1 fully saturated rings. The predicted molar refractivity (Wildman–Crippen MR) is 80.6 cm³/mol. The maximum Gasteiger partial charge on any atom is 0.389 e. The van der Waals surface area contributed by atoms with Crippen LogP contribution in [0.2, 0.25) is 0 Å². The van der Waals surface area contributed by atoms with Crippen LogP contribution in [-0.2, 0) is 4.74 Å². The summed E-state index contributed by atoms with van der Waals surface area (Å²) < 4.78 is 78.8. The van der Waals surface area contributed by atoms with E-state index in [1.165, 1.54) is 0 Å². The van der Waals surface area contributed by atoms with Gasteiger partial charge in [0.15, 0.2) is 0 Å². The molecule has 1 saturated carbocycles. The van der Waals surface area contributed by atoms with E-state index in [2.05, 4.69) is 0 Å². The number of hydrogen-bond donors (Lipinski definition) is 0. The lowest BCUT2D eigenvalue weighted by Crippen LogP contribution is -2.24. The average Bonchev–Trinajstić information content (AvgIpc) is 2.42. The predicted octanol–water partition coefficient (Wildman–Crippen LogP) is 6.52. The maximum absolute atomic E-state index is 12.3. The van der Waals surface area contributed by atoms with E-state index in [0.29, 0.717) is 25.4 Å². The fourth-order valence-electron chi connectivity index (χ4n) is 3.88. The van der Waals surface area contributed by atoms with E-state index in [9.17, 15) is 26.3 Å². The first-order valence-corrected chi connectivity index (χ1v) is 8.71. The van der Waals surface area contributed by atoms with Crippen LogP contribution < -0.4 is 0 Å². The Morgan fingerprint density at radius 1 is 0.708 bits per heavy atom. The van der Waals surface area contributed by atoms with Crippen molar-refractivity contribution in [2.75, 3.05) is 13.7 Å². The largest absolute Gasteiger partial charge is 0.389 e. The molecule has 144 valence electrons. The van der Waals surface area contributed by atoms with Crippen molar-refractivity contribution in [2.24, 2.45) is 17.8 Å². The number of hydrogen-bond acceptors (Lipinski definition) is 1. The Morgan fingerprint density at radius 2 is 1.08 bits per heavy atom. The standard InChI is InChI=1S/C17H28F6O/c1-24-9-6-15-11-13(4-2-7-16(18,19)20)10-14(12-15)5-3-8-17(21,22)23/h13-15H,2-12H2,1H3. The normalized spacial score (nSPS) is 25.9.